The SMILES string of the molecule is CC(C)=CCOc1ccccc1/C=N/S(=O)(=O)c1ccc(C)cc1. The van der Waals surface area contributed by atoms with Gasteiger partial charge < -0.3 is 4.74 Å². The summed E-state index contributed by atoms with van der Waals surface area (Å²) in [6.07, 6.45) is 3.28. The number of hydrogen-bond donors (Lipinski definition) is 0. The first kappa shape index (κ1) is 17.9. The highest BCUT2D eigenvalue weighted by atomic mass is 32.2. The van der Waals surface area contributed by atoms with Gasteiger partial charge >= 0.3 is 0 Å². The van der Waals surface area contributed by atoms with E-state index in [-0.39, 0.29) is 4.90 Å². The van der Waals surface area contributed by atoms with E-state index in [0.29, 0.717) is 17.9 Å². The van der Waals surface area contributed by atoms with Gasteiger partial charge in [-0.1, -0.05) is 35.4 Å². The first-order valence-corrected chi connectivity index (χ1v) is 9.05. The van der Waals surface area contributed by atoms with Crippen molar-refractivity contribution in [2.75, 3.05) is 6.61 Å². The monoisotopic (exact) mass is 343 g/mol. The molecule has 0 saturated carbocycles. The number of benzene rings is 2. The molecule has 5 heteroatoms. The number of allylic oxidation sites excluding steroid dienone is 1. The minimum absolute atomic E-state index is 0.173. The lowest BCUT2D eigenvalue weighted by Crippen LogP contribution is -2.00. The van der Waals surface area contributed by atoms with Crippen LogP contribution in [0.5, 0.6) is 5.75 Å². The molecule has 0 heterocycles. The van der Waals surface area contributed by atoms with E-state index in [2.05, 4.69) is 4.40 Å². The van der Waals surface area contributed by atoms with Crippen molar-refractivity contribution in [1.82, 2.24) is 0 Å². The fourth-order valence-electron chi connectivity index (χ4n) is 1.91. The quantitative estimate of drug-likeness (QED) is 0.585. The molecule has 2 aromatic carbocycles. The predicted molar refractivity (Wildman–Crippen MR) is 97.3 cm³/mol. The molecule has 0 unspecified atom stereocenters. The Hall–Kier alpha value is -2.40. The molecule has 0 spiro atoms. The molecule has 0 N–H and O–H groups in total. The molecule has 2 aromatic rings. The third kappa shape index (κ3) is 5.06. The molecule has 0 saturated heterocycles. The number of nitrogens with zero attached hydrogens (tertiary/aromatic N) is 1. The lowest BCUT2D eigenvalue weighted by atomic mass is 10.2. The van der Waals surface area contributed by atoms with Gasteiger partial charge in [-0.25, -0.2) is 0 Å². The zero-order chi connectivity index (χ0) is 17.6. The molecule has 0 fully saturated rings. The van der Waals surface area contributed by atoms with E-state index < -0.39 is 10.0 Å². The van der Waals surface area contributed by atoms with Crippen molar-refractivity contribution in [3.8, 4) is 5.75 Å². The summed E-state index contributed by atoms with van der Waals surface area (Å²) in [6.45, 7) is 6.31. The van der Waals surface area contributed by atoms with E-state index in [4.69, 9.17) is 4.74 Å². The normalized spacial score (nSPS) is 11.5. The summed E-state index contributed by atoms with van der Waals surface area (Å²) in [5.41, 5.74) is 2.77. The van der Waals surface area contributed by atoms with Crippen LogP contribution in [-0.2, 0) is 10.0 Å². The van der Waals surface area contributed by atoms with E-state index in [9.17, 15) is 8.42 Å². The van der Waals surface area contributed by atoms with Crippen LogP contribution in [-0.4, -0.2) is 21.2 Å². The lowest BCUT2D eigenvalue weighted by Gasteiger charge is -2.07. The topological polar surface area (TPSA) is 55.7 Å². The molecule has 0 aromatic heterocycles. The Kier molecular flexibility index (Phi) is 5.93. The van der Waals surface area contributed by atoms with Crippen molar-refractivity contribution < 1.29 is 13.2 Å². The summed E-state index contributed by atoms with van der Waals surface area (Å²) in [7, 11) is -3.72. The standard InChI is InChI=1S/C19H21NO3S/c1-15(2)12-13-23-19-7-5-4-6-17(19)14-20-24(21,22)18-10-8-16(3)9-11-18/h4-12,14H,13H2,1-3H3/b20-14+. The average Bonchev–Trinajstić information content (AvgIpc) is 2.54. The van der Waals surface area contributed by atoms with Crippen LogP contribution in [0, 0.1) is 6.92 Å². The maximum absolute atomic E-state index is 12.3. The molecule has 0 aliphatic carbocycles. The van der Waals surface area contributed by atoms with Crippen LogP contribution >= 0.6 is 0 Å². The molecular weight excluding hydrogens is 322 g/mol. The second kappa shape index (κ2) is 7.93. The number of ether oxygens (including phenoxy) is 1. The maximum atomic E-state index is 12.3. The number of hydrogen-bond acceptors (Lipinski definition) is 3. The fraction of sp³-hybridized carbons (Fsp3) is 0.211. The minimum atomic E-state index is -3.72. The second-order valence-corrected chi connectivity index (χ2v) is 7.29. The molecule has 126 valence electrons. The average molecular weight is 343 g/mol. The number of rotatable bonds is 6. The zero-order valence-electron chi connectivity index (χ0n) is 14.1. The number of aryl methyl sites for hydroxylation is 1. The van der Waals surface area contributed by atoms with E-state index in [1.54, 1.807) is 36.4 Å². The first-order chi connectivity index (χ1) is 11.4. The van der Waals surface area contributed by atoms with Gasteiger partial charge in [0.1, 0.15) is 12.4 Å². The van der Waals surface area contributed by atoms with Crippen molar-refractivity contribution in [1.29, 1.82) is 0 Å². The predicted octanol–water partition coefficient (Wildman–Crippen LogP) is 4.15. The fourth-order valence-corrected chi connectivity index (χ4v) is 2.77. The van der Waals surface area contributed by atoms with E-state index in [1.807, 2.05) is 39.0 Å². The van der Waals surface area contributed by atoms with Gasteiger partial charge in [-0.05, 0) is 51.1 Å². The van der Waals surface area contributed by atoms with Gasteiger partial charge in [-0.2, -0.15) is 12.8 Å². The van der Waals surface area contributed by atoms with Gasteiger partial charge in [0.15, 0.2) is 0 Å². The van der Waals surface area contributed by atoms with Crippen molar-refractivity contribution in [2.24, 2.45) is 4.40 Å². The van der Waals surface area contributed by atoms with Crippen molar-refractivity contribution in [3.05, 3.63) is 71.3 Å². The van der Waals surface area contributed by atoms with Gasteiger partial charge in [0, 0.05) is 5.56 Å². The lowest BCUT2D eigenvalue weighted by molar-refractivity contribution is 0.361. The highest BCUT2D eigenvalue weighted by Crippen LogP contribution is 2.18. The summed E-state index contributed by atoms with van der Waals surface area (Å²) in [6, 6.07) is 13.8. The van der Waals surface area contributed by atoms with Crippen molar-refractivity contribution in [2.45, 2.75) is 25.7 Å². The van der Waals surface area contributed by atoms with Crippen LogP contribution in [0.3, 0.4) is 0 Å². The Balaban J connectivity index is 2.22. The summed E-state index contributed by atoms with van der Waals surface area (Å²) >= 11 is 0. The van der Waals surface area contributed by atoms with Crippen molar-refractivity contribution in [3.63, 3.8) is 0 Å². The van der Waals surface area contributed by atoms with Gasteiger partial charge in [-0.15, -0.1) is 0 Å². The Morgan fingerprint density at radius 3 is 2.42 bits per heavy atom. The summed E-state index contributed by atoms with van der Waals surface area (Å²) < 4.78 is 34.0. The molecular formula is C19H21NO3S. The third-order valence-corrected chi connectivity index (χ3v) is 4.55. The Labute approximate surface area is 143 Å². The smallest absolute Gasteiger partial charge is 0.282 e. The van der Waals surface area contributed by atoms with Gasteiger partial charge in [0.25, 0.3) is 10.0 Å². The maximum Gasteiger partial charge on any atom is 0.282 e. The van der Waals surface area contributed by atoms with E-state index in [1.165, 1.54) is 6.21 Å². The molecule has 24 heavy (non-hydrogen) atoms. The molecule has 2 rings (SSSR count). The zero-order valence-corrected chi connectivity index (χ0v) is 14.9. The van der Waals surface area contributed by atoms with E-state index >= 15 is 0 Å². The van der Waals surface area contributed by atoms with Crippen LogP contribution in [0.25, 0.3) is 0 Å². The van der Waals surface area contributed by atoms with Gasteiger partial charge in [-0.3, -0.25) is 0 Å². The Morgan fingerprint density at radius 1 is 1.08 bits per heavy atom. The second-order valence-electron chi connectivity index (χ2n) is 5.65. The van der Waals surface area contributed by atoms with Crippen LogP contribution in [0.4, 0.5) is 0 Å². The van der Waals surface area contributed by atoms with Crippen LogP contribution in [0.1, 0.15) is 25.0 Å². The van der Waals surface area contributed by atoms with Gasteiger partial charge in [0.2, 0.25) is 0 Å². The minimum Gasteiger partial charge on any atom is -0.489 e. The molecule has 0 aliphatic rings. The molecule has 0 amide bonds. The highest BCUT2D eigenvalue weighted by molar-refractivity contribution is 7.90. The molecule has 0 bridgehead atoms. The Morgan fingerprint density at radius 2 is 1.75 bits per heavy atom. The summed E-state index contributed by atoms with van der Waals surface area (Å²) in [5.74, 6) is 0.595. The highest BCUT2D eigenvalue weighted by Gasteiger charge is 2.11. The van der Waals surface area contributed by atoms with Crippen LogP contribution in [0.2, 0.25) is 0 Å². The van der Waals surface area contributed by atoms with Gasteiger partial charge in [0.05, 0.1) is 11.1 Å². The van der Waals surface area contributed by atoms with E-state index in [0.717, 1.165) is 11.1 Å². The van der Waals surface area contributed by atoms with Crippen LogP contribution in [0.15, 0.2) is 69.5 Å². The van der Waals surface area contributed by atoms with Crippen molar-refractivity contribution >= 4 is 16.2 Å². The molecule has 0 atom stereocenters. The Bertz CT molecular complexity index is 846. The molecule has 4 nitrogen and oxygen atoms in total. The van der Waals surface area contributed by atoms with Crippen LogP contribution < -0.4 is 4.74 Å². The largest absolute Gasteiger partial charge is 0.489 e. The first-order valence-electron chi connectivity index (χ1n) is 7.61. The number of para-hydroxylation sites is 1. The summed E-state index contributed by atoms with van der Waals surface area (Å²) in [5, 5.41) is 0. The third-order valence-electron chi connectivity index (χ3n) is 3.30. The summed E-state index contributed by atoms with van der Waals surface area (Å²) in [4.78, 5) is 0.173. The molecule has 0 radical (unpaired) electrons. The number of sulfonamides is 1. The molecule has 0 aliphatic heterocycles.